The Labute approximate surface area is 122 Å². The highest BCUT2D eigenvalue weighted by molar-refractivity contribution is 9.10. The molecule has 0 spiro atoms. The van der Waals surface area contributed by atoms with Gasteiger partial charge in [-0.1, -0.05) is 28.1 Å². The lowest BCUT2D eigenvalue weighted by molar-refractivity contribution is 0.574. The molecule has 0 fully saturated rings. The summed E-state index contributed by atoms with van der Waals surface area (Å²) in [6, 6.07) is 12.6. The van der Waals surface area contributed by atoms with E-state index in [1.807, 2.05) is 36.0 Å². The topological polar surface area (TPSA) is 40.8 Å². The van der Waals surface area contributed by atoms with Gasteiger partial charge in [-0.3, -0.25) is 0 Å². The molecule has 98 valence electrons. The first-order valence-corrected chi connectivity index (χ1v) is 6.93. The van der Waals surface area contributed by atoms with Crippen LogP contribution in [0, 0.1) is 11.3 Å². The summed E-state index contributed by atoms with van der Waals surface area (Å²) in [7, 11) is 1.89. The number of aryl methyl sites for hydroxylation is 1. The summed E-state index contributed by atoms with van der Waals surface area (Å²) in [5, 5.41) is 12.4. The molecular weight excluding hydrogens is 302 g/mol. The van der Waals surface area contributed by atoms with Crippen molar-refractivity contribution in [1.29, 1.82) is 5.26 Å². The third kappa shape index (κ3) is 3.46. The number of nitrogens with zero attached hydrogens (tertiary/aromatic N) is 2. The summed E-state index contributed by atoms with van der Waals surface area (Å²) in [4.78, 5) is 0. The number of halogens is 1. The first kappa shape index (κ1) is 13.9. The number of rotatable bonds is 4. The van der Waals surface area contributed by atoms with Crippen molar-refractivity contribution in [3.8, 4) is 6.07 Å². The van der Waals surface area contributed by atoms with Gasteiger partial charge in [-0.25, -0.2) is 0 Å². The van der Waals surface area contributed by atoms with Gasteiger partial charge >= 0.3 is 0 Å². The van der Waals surface area contributed by atoms with Gasteiger partial charge in [0.2, 0.25) is 0 Å². The second-order valence-corrected chi connectivity index (χ2v) is 5.53. The second-order valence-electron chi connectivity index (χ2n) is 4.61. The summed E-state index contributed by atoms with van der Waals surface area (Å²) in [5.41, 5.74) is 3.05. The fourth-order valence-electron chi connectivity index (χ4n) is 2.01. The molecule has 2 rings (SSSR count). The van der Waals surface area contributed by atoms with Crippen molar-refractivity contribution in [2.45, 2.75) is 19.5 Å². The highest BCUT2D eigenvalue weighted by atomic mass is 79.9. The fraction of sp³-hybridized carbons (Fsp3) is 0.267. The van der Waals surface area contributed by atoms with E-state index in [0.717, 1.165) is 16.6 Å². The number of nitrogens with one attached hydrogen (secondary N) is 1. The van der Waals surface area contributed by atoms with Gasteiger partial charge in [0.1, 0.15) is 11.8 Å². The molecule has 0 amide bonds. The van der Waals surface area contributed by atoms with E-state index in [-0.39, 0.29) is 6.04 Å². The van der Waals surface area contributed by atoms with Crippen molar-refractivity contribution >= 4 is 15.9 Å². The first-order chi connectivity index (χ1) is 9.10. The first-order valence-electron chi connectivity index (χ1n) is 6.14. The summed E-state index contributed by atoms with van der Waals surface area (Å²) >= 11 is 3.48. The Kier molecular flexibility index (Phi) is 4.41. The van der Waals surface area contributed by atoms with Gasteiger partial charge in [0.25, 0.3) is 0 Å². The predicted octanol–water partition coefficient (Wildman–Crippen LogP) is 3.51. The van der Waals surface area contributed by atoms with Gasteiger partial charge in [0.15, 0.2) is 0 Å². The van der Waals surface area contributed by atoms with Gasteiger partial charge < -0.3 is 9.88 Å². The molecule has 1 aromatic heterocycles. The van der Waals surface area contributed by atoms with Crippen LogP contribution in [-0.4, -0.2) is 4.57 Å². The molecular formula is C15H16BrN3. The summed E-state index contributed by atoms with van der Waals surface area (Å²) in [6.07, 6.45) is 1.99. The van der Waals surface area contributed by atoms with Crippen LogP contribution in [0.1, 0.15) is 29.8 Å². The molecule has 0 saturated heterocycles. The van der Waals surface area contributed by atoms with Crippen LogP contribution in [0.25, 0.3) is 0 Å². The quantitative estimate of drug-likeness (QED) is 0.937. The van der Waals surface area contributed by atoms with Crippen LogP contribution in [0.3, 0.4) is 0 Å². The smallest absolute Gasteiger partial charge is 0.120 e. The third-order valence-corrected chi connectivity index (χ3v) is 3.63. The van der Waals surface area contributed by atoms with Crippen LogP contribution in [0.2, 0.25) is 0 Å². The van der Waals surface area contributed by atoms with Gasteiger partial charge in [0, 0.05) is 30.3 Å². The Balaban J connectivity index is 2.00. The molecule has 3 nitrogen and oxygen atoms in total. The monoisotopic (exact) mass is 317 g/mol. The van der Waals surface area contributed by atoms with Crippen LogP contribution < -0.4 is 5.32 Å². The predicted molar refractivity (Wildman–Crippen MR) is 79.5 cm³/mol. The molecule has 0 aliphatic heterocycles. The van der Waals surface area contributed by atoms with E-state index in [1.165, 1.54) is 5.56 Å². The van der Waals surface area contributed by atoms with Crippen molar-refractivity contribution in [2.24, 2.45) is 7.05 Å². The van der Waals surface area contributed by atoms with E-state index in [9.17, 15) is 0 Å². The van der Waals surface area contributed by atoms with Crippen molar-refractivity contribution in [1.82, 2.24) is 9.88 Å². The fourth-order valence-corrected chi connectivity index (χ4v) is 2.42. The molecule has 4 heteroatoms. The minimum Gasteiger partial charge on any atom is -0.342 e. The molecule has 1 aromatic carbocycles. The SMILES string of the molecule is CC(NCc1cc(C#N)n(C)c1)c1cccc(Br)c1. The maximum atomic E-state index is 8.92. The zero-order valence-corrected chi connectivity index (χ0v) is 12.6. The lowest BCUT2D eigenvalue weighted by Gasteiger charge is -2.14. The summed E-state index contributed by atoms with van der Waals surface area (Å²) in [6.45, 7) is 2.89. The zero-order chi connectivity index (χ0) is 13.8. The maximum Gasteiger partial charge on any atom is 0.120 e. The molecule has 2 aromatic rings. The molecule has 1 heterocycles. The maximum absolute atomic E-state index is 8.92. The Bertz CT molecular complexity index is 610. The van der Waals surface area contributed by atoms with E-state index in [0.29, 0.717) is 5.69 Å². The van der Waals surface area contributed by atoms with E-state index >= 15 is 0 Å². The van der Waals surface area contributed by atoms with E-state index in [1.54, 1.807) is 0 Å². The number of hydrogen-bond acceptors (Lipinski definition) is 2. The van der Waals surface area contributed by atoms with Crippen molar-refractivity contribution < 1.29 is 0 Å². The zero-order valence-electron chi connectivity index (χ0n) is 11.0. The average Bonchev–Trinajstić information content (AvgIpc) is 2.76. The number of nitriles is 1. The lowest BCUT2D eigenvalue weighted by atomic mass is 10.1. The molecule has 0 aliphatic carbocycles. The third-order valence-electron chi connectivity index (χ3n) is 3.14. The van der Waals surface area contributed by atoms with Gasteiger partial charge in [-0.05, 0) is 36.2 Å². The van der Waals surface area contributed by atoms with Gasteiger partial charge in [-0.15, -0.1) is 0 Å². The highest BCUT2D eigenvalue weighted by Crippen LogP contribution is 2.18. The molecule has 1 unspecified atom stereocenters. The van der Waals surface area contributed by atoms with Crippen LogP contribution >= 0.6 is 15.9 Å². The lowest BCUT2D eigenvalue weighted by Crippen LogP contribution is -2.17. The number of hydrogen-bond donors (Lipinski definition) is 1. The standard InChI is InChI=1S/C15H16BrN3/c1-11(13-4-3-5-14(16)7-13)18-9-12-6-15(8-17)19(2)10-12/h3-7,10-11,18H,9H2,1-2H3. The minimum atomic E-state index is 0.267. The van der Waals surface area contributed by atoms with Crippen molar-refractivity contribution in [3.63, 3.8) is 0 Å². The summed E-state index contributed by atoms with van der Waals surface area (Å²) < 4.78 is 2.94. The van der Waals surface area contributed by atoms with Crippen LogP contribution in [-0.2, 0) is 13.6 Å². The molecule has 0 bridgehead atoms. The molecule has 0 radical (unpaired) electrons. The Morgan fingerprint density at radius 2 is 2.21 bits per heavy atom. The molecule has 1 N–H and O–H groups in total. The van der Waals surface area contributed by atoms with Crippen LogP contribution in [0.15, 0.2) is 41.0 Å². The molecule has 0 saturated carbocycles. The number of aromatic nitrogens is 1. The molecule has 0 aliphatic rings. The Hall–Kier alpha value is -1.57. The Morgan fingerprint density at radius 1 is 1.42 bits per heavy atom. The van der Waals surface area contributed by atoms with Gasteiger partial charge in [-0.2, -0.15) is 5.26 Å². The normalized spacial score (nSPS) is 12.1. The minimum absolute atomic E-state index is 0.267. The number of benzene rings is 1. The van der Waals surface area contributed by atoms with Crippen LogP contribution in [0.4, 0.5) is 0 Å². The van der Waals surface area contributed by atoms with Crippen molar-refractivity contribution in [3.05, 3.63) is 57.8 Å². The van der Waals surface area contributed by atoms with E-state index in [2.05, 4.69) is 46.4 Å². The van der Waals surface area contributed by atoms with E-state index < -0.39 is 0 Å². The van der Waals surface area contributed by atoms with E-state index in [4.69, 9.17) is 5.26 Å². The Morgan fingerprint density at radius 3 is 2.84 bits per heavy atom. The second kappa shape index (κ2) is 6.05. The highest BCUT2D eigenvalue weighted by Gasteiger charge is 2.07. The molecule has 19 heavy (non-hydrogen) atoms. The van der Waals surface area contributed by atoms with Gasteiger partial charge in [0.05, 0.1) is 0 Å². The largest absolute Gasteiger partial charge is 0.342 e. The average molecular weight is 318 g/mol. The van der Waals surface area contributed by atoms with Crippen LogP contribution in [0.5, 0.6) is 0 Å². The molecule has 1 atom stereocenters. The van der Waals surface area contributed by atoms with Crippen molar-refractivity contribution in [2.75, 3.05) is 0 Å². The summed E-state index contributed by atoms with van der Waals surface area (Å²) in [5.74, 6) is 0.